The van der Waals surface area contributed by atoms with Gasteiger partial charge in [-0.2, -0.15) is 0 Å². The number of hydrogen-bond donors (Lipinski definition) is 2. The minimum Gasteiger partial charge on any atom is -0.497 e. The van der Waals surface area contributed by atoms with Gasteiger partial charge >= 0.3 is 0 Å². The summed E-state index contributed by atoms with van der Waals surface area (Å²) in [6.07, 6.45) is 3.45. The van der Waals surface area contributed by atoms with Crippen LogP contribution in [0.4, 0.5) is 0 Å². The van der Waals surface area contributed by atoms with Gasteiger partial charge in [-0.15, -0.1) is 11.3 Å². The number of aliphatic imine (C=N–C) groups is 1. The first-order valence-electron chi connectivity index (χ1n) is 10.4. The minimum atomic E-state index is 0.325. The van der Waals surface area contributed by atoms with Gasteiger partial charge in [-0.3, -0.25) is 9.89 Å². The third-order valence-electron chi connectivity index (χ3n) is 5.47. The number of likely N-dealkylation sites (tertiary alicyclic amines) is 1. The zero-order valence-corrected chi connectivity index (χ0v) is 18.8. The Kier molecular flexibility index (Phi) is 7.89. The van der Waals surface area contributed by atoms with Crippen LogP contribution in [0.1, 0.15) is 40.0 Å². The van der Waals surface area contributed by atoms with Crippen molar-refractivity contribution >= 4 is 17.3 Å². The van der Waals surface area contributed by atoms with Crippen LogP contribution in [0, 0.1) is 13.8 Å². The molecule has 1 fully saturated rings. The van der Waals surface area contributed by atoms with E-state index in [4.69, 9.17) is 4.74 Å². The fourth-order valence-corrected chi connectivity index (χ4v) is 4.62. The molecule has 2 aromatic rings. The van der Waals surface area contributed by atoms with Crippen molar-refractivity contribution in [2.75, 3.05) is 40.3 Å². The molecule has 0 radical (unpaired) electrons. The Hall–Kier alpha value is -2.12. The zero-order chi connectivity index (χ0) is 20.6. The summed E-state index contributed by atoms with van der Waals surface area (Å²) in [5, 5.41) is 8.13. The van der Waals surface area contributed by atoms with E-state index in [1.54, 1.807) is 18.4 Å². The number of aromatic nitrogens is 1. The van der Waals surface area contributed by atoms with Gasteiger partial charge in [-0.25, -0.2) is 4.98 Å². The molecular formula is C22H33N5OS. The number of methoxy groups -OCH3 is 1. The highest BCUT2D eigenvalue weighted by Gasteiger charge is 2.23. The largest absolute Gasteiger partial charge is 0.497 e. The van der Waals surface area contributed by atoms with Gasteiger partial charge in [0.2, 0.25) is 0 Å². The number of thiazole rings is 1. The lowest BCUT2D eigenvalue weighted by molar-refractivity contribution is 0.245. The van der Waals surface area contributed by atoms with E-state index in [-0.39, 0.29) is 0 Å². The summed E-state index contributed by atoms with van der Waals surface area (Å²) < 4.78 is 5.32. The van der Waals surface area contributed by atoms with E-state index < -0.39 is 0 Å². The fourth-order valence-electron chi connectivity index (χ4n) is 3.68. The van der Waals surface area contributed by atoms with Gasteiger partial charge in [0.05, 0.1) is 23.9 Å². The SMILES string of the molecule is CN=C(NCCc1nc(C)c(C)s1)NCC(c1ccc(OC)cc1)N1CCCC1. The van der Waals surface area contributed by atoms with Gasteiger partial charge in [0.15, 0.2) is 5.96 Å². The molecule has 1 aromatic heterocycles. The third-order valence-corrected chi connectivity index (χ3v) is 6.61. The van der Waals surface area contributed by atoms with Crippen molar-refractivity contribution in [3.8, 4) is 5.75 Å². The third kappa shape index (κ3) is 5.93. The van der Waals surface area contributed by atoms with E-state index in [1.807, 2.05) is 19.2 Å². The highest BCUT2D eigenvalue weighted by Crippen LogP contribution is 2.26. The molecule has 0 bridgehead atoms. The molecule has 1 aromatic carbocycles. The van der Waals surface area contributed by atoms with Crippen LogP contribution in [-0.4, -0.2) is 56.2 Å². The molecule has 0 aliphatic carbocycles. The lowest BCUT2D eigenvalue weighted by atomic mass is 10.1. The summed E-state index contributed by atoms with van der Waals surface area (Å²) in [5.41, 5.74) is 2.45. The quantitative estimate of drug-likeness (QED) is 0.512. The second-order valence-electron chi connectivity index (χ2n) is 7.41. The summed E-state index contributed by atoms with van der Waals surface area (Å²) in [7, 11) is 3.53. The van der Waals surface area contributed by atoms with Crippen molar-refractivity contribution in [2.24, 2.45) is 4.99 Å². The molecule has 7 heteroatoms. The van der Waals surface area contributed by atoms with Gasteiger partial charge in [-0.05, 0) is 57.5 Å². The van der Waals surface area contributed by atoms with Crippen molar-refractivity contribution in [1.82, 2.24) is 20.5 Å². The molecular weight excluding hydrogens is 382 g/mol. The molecule has 158 valence electrons. The van der Waals surface area contributed by atoms with Crippen molar-refractivity contribution in [1.29, 1.82) is 0 Å². The Morgan fingerprint density at radius 1 is 1.21 bits per heavy atom. The molecule has 29 heavy (non-hydrogen) atoms. The lowest BCUT2D eigenvalue weighted by Crippen LogP contribution is -2.43. The van der Waals surface area contributed by atoms with E-state index >= 15 is 0 Å². The monoisotopic (exact) mass is 415 g/mol. The molecule has 1 unspecified atom stereocenters. The lowest BCUT2D eigenvalue weighted by Gasteiger charge is -2.29. The molecule has 1 saturated heterocycles. The first kappa shape index (κ1) is 21.6. The van der Waals surface area contributed by atoms with E-state index in [2.05, 4.69) is 51.5 Å². The van der Waals surface area contributed by atoms with Crippen LogP contribution in [0.25, 0.3) is 0 Å². The molecule has 2 heterocycles. The van der Waals surface area contributed by atoms with Gasteiger partial charge in [0.25, 0.3) is 0 Å². The first-order chi connectivity index (χ1) is 14.1. The zero-order valence-electron chi connectivity index (χ0n) is 18.0. The highest BCUT2D eigenvalue weighted by molar-refractivity contribution is 7.11. The Balaban J connectivity index is 1.56. The van der Waals surface area contributed by atoms with Crippen LogP contribution in [0.15, 0.2) is 29.3 Å². The van der Waals surface area contributed by atoms with Crippen LogP contribution >= 0.6 is 11.3 Å². The van der Waals surface area contributed by atoms with Gasteiger partial charge in [0.1, 0.15) is 5.75 Å². The maximum atomic E-state index is 5.32. The Bertz CT molecular complexity index is 777. The summed E-state index contributed by atoms with van der Waals surface area (Å²) in [6.45, 7) is 8.13. The smallest absolute Gasteiger partial charge is 0.191 e. The topological polar surface area (TPSA) is 61.8 Å². The Morgan fingerprint density at radius 2 is 1.93 bits per heavy atom. The van der Waals surface area contributed by atoms with Crippen molar-refractivity contribution in [3.63, 3.8) is 0 Å². The van der Waals surface area contributed by atoms with Gasteiger partial charge in [-0.1, -0.05) is 12.1 Å². The number of guanidine groups is 1. The highest BCUT2D eigenvalue weighted by atomic mass is 32.1. The summed E-state index contributed by atoms with van der Waals surface area (Å²) in [4.78, 5) is 12.9. The summed E-state index contributed by atoms with van der Waals surface area (Å²) >= 11 is 1.78. The van der Waals surface area contributed by atoms with Crippen LogP contribution in [-0.2, 0) is 6.42 Å². The van der Waals surface area contributed by atoms with Crippen molar-refractivity contribution in [2.45, 2.75) is 39.2 Å². The maximum Gasteiger partial charge on any atom is 0.191 e. The number of nitrogens with zero attached hydrogens (tertiary/aromatic N) is 3. The van der Waals surface area contributed by atoms with E-state index in [0.717, 1.165) is 50.0 Å². The van der Waals surface area contributed by atoms with Crippen LogP contribution in [0.2, 0.25) is 0 Å². The van der Waals surface area contributed by atoms with Crippen LogP contribution in [0.3, 0.4) is 0 Å². The number of benzene rings is 1. The predicted molar refractivity (Wildman–Crippen MR) is 121 cm³/mol. The number of hydrogen-bond acceptors (Lipinski definition) is 5. The number of rotatable bonds is 8. The molecule has 0 saturated carbocycles. The molecule has 1 atom stereocenters. The number of nitrogens with one attached hydrogen (secondary N) is 2. The molecule has 3 rings (SSSR count). The maximum absolute atomic E-state index is 5.32. The molecule has 2 N–H and O–H groups in total. The minimum absolute atomic E-state index is 0.325. The van der Waals surface area contributed by atoms with Crippen molar-refractivity contribution in [3.05, 3.63) is 45.4 Å². The molecule has 0 spiro atoms. The molecule has 1 aliphatic heterocycles. The second-order valence-corrected chi connectivity index (χ2v) is 8.70. The van der Waals surface area contributed by atoms with E-state index in [0.29, 0.717) is 6.04 Å². The molecule has 0 amide bonds. The number of ether oxygens (including phenoxy) is 1. The number of aryl methyl sites for hydroxylation is 2. The van der Waals surface area contributed by atoms with Gasteiger partial charge < -0.3 is 15.4 Å². The Morgan fingerprint density at radius 3 is 2.52 bits per heavy atom. The molecule has 1 aliphatic rings. The normalized spacial score (nSPS) is 16.1. The standard InChI is InChI=1S/C22H33N5OS/c1-16-17(2)29-21(26-16)11-12-24-22(23-3)25-15-20(27-13-5-6-14-27)18-7-9-19(28-4)10-8-18/h7-10,20H,5-6,11-15H2,1-4H3,(H2,23,24,25). The van der Waals surface area contributed by atoms with E-state index in [1.165, 1.54) is 28.3 Å². The summed E-state index contributed by atoms with van der Waals surface area (Å²) in [5.74, 6) is 1.74. The second kappa shape index (κ2) is 10.6. The van der Waals surface area contributed by atoms with E-state index in [9.17, 15) is 0 Å². The molecule has 6 nitrogen and oxygen atoms in total. The van der Waals surface area contributed by atoms with Crippen LogP contribution < -0.4 is 15.4 Å². The fraction of sp³-hybridized carbons (Fsp3) is 0.545. The predicted octanol–water partition coefficient (Wildman–Crippen LogP) is 3.31. The van der Waals surface area contributed by atoms with Gasteiger partial charge in [0, 0.05) is 31.4 Å². The Labute approximate surface area is 178 Å². The summed E-state index contributed by atoms with van der Waals surface area (Å²) in [6, 6.07) is 8.76. The van der Waals surface area contributed by atoms with Crippen LogP contribution in [0.5, 0.6) is 5.75 Å². The average Bonchev–Trinajstić information content (AvgIpc) is 3.37. The first-order valence-corrected chi connectivity index (χ1v) is 11.2. The van der Waals surface area contributed by atoms with Crippen molar-refractivity contribution < 1.29 is 4.74 Å². The average molecular weight is 416 g/mol.